The Bertz CT molecular complexity index is 1320. The number of anilines is 1. The molecular formula is C29H25N3O2S. The molecule has 0 fully saturated rings. The molecule has 35 heavy (non-hydrogen) atoms. The average Bonchev–Trinajstić information content (AvgIpc) is 2.90. The molecule has 0 aliphatic heterocycles. The number of pyridine rings is 1. The van der Waals surface area contributed by atoms with Crippen LogP contribution >= 0.6 is 11.8 Å². The Hall–Kier alpha value is -4.08. The third-order valence-electron chi connectivity index (χ3n) is 5.27. The summed E-state index contributed by atoms with van der Waals surface area (Å²) >= 11 is 1.42. The van der Waals surface area contributed by atoms with Crippen LogP contribution in [0.25, 0.3) is 22.4 Å². The summed E-state index contributed by atoms with van der Waals surface area (Å²) in [6.45, 7) is 2.53. The summed E-state index contributed by atoms with van der Waals surface area (Å²) in [6.07, 6.45) is 0.292. The molecule has 0 unspecified atom stereocenters. The number of aromatic nitrogens is 1. The molecule has 0 bridgehead atoms. The first-order valence-electron chi connectivity index (χ1n) is 11.4. The maximum Gasteiger partial charge on any atom is 0.225 e. The van der Waals surface area contributed by atoms with Gasteiger partial charge < -0.3 is 10.1 Å². The minimum atomic E-state index is -0.0948. The number of nitrogens with one attached hydrogen (secondary N) is 1. The van der Waals surface area contributed by atoms with E-state index in [1.165, 1.54) is 11.8 Å². The van der Waals surface area contributed by atoms with Gasteiger partial charge in [0.25, 0.3) is 0 Å². The standard InChI is InChI=1S/C29H25N3O2S/c1-2-34-24-15-13-23(14-16-24)31-28(33)17-18-35-29-26(20-30)25(21-9-5-3-6-10-21)19-27(32-29)22-11-7-4-8-12-22/h3-16,19H,2,17-18H2,1H3,(H,31,33). The van der Waals surface area contributed by atoms with Crippen LogP contribution in [0.4, 0.5) is 5.69 Å². The van der Waals surface area contributed by atoms with Crippen LogP contribution < -0.4 is 10.1 Å². The molecule has 4 rings (SSSR count). The van der Waals surface area contributed by atoms with Crippen molar-refractivity contribution >= 4 is 23.4 Å². The first-order valence-corrected chi connectivity index (χ1v) is 12.4. The first-order chi connectivity index (χ1) is 17.2. The summed E-state index contributed by atoms with van der Waals surface area (Å²) in [4.78, 5) is 17.3. The summed E-state index contributed by atoms with van der Waals surface area (Å²) in [5.41, 5.74) is 4.81. The van der Waals surface area contributed by atoms with E-state index in [1.54, 1.807) is 0 Å². The summed E-state index contributed by atoms with van der Waals surface area (Å²) in [6, 6.07) is 31.3. The second kappa shape index (κ2) is 11.9. The van der Waals surface area contributed by atoms with Gasteiger partial charge in [-0.2, -0.15) is 5.26 Å². The predicted octanol–water partition coefficient (Wildman–Crippen LogP) is 6.81. The van der Waals surface area contributed by atoms with E-state index in [0.29, 0.717) is 29.4 Å². The Kier molecular flexibility index (Phi) is 8.16. The van der Waals surface area contributed by atoms with Crippen molar-refractivity contribution in [2.24, 2.45) is 0 Å². The molecule has 1 amide bonds. The van der Waals surface area contributed by atoms with Gasteiger partial charge in [-0.3, -0.25) is 4.79 Å². The second-order valence-electron chi connectivity index (χ2n) is 7.68. The third kappa shape index (κ3) is 6.28. The minimum Gasteiger partial charge on any atom is -0.494 e. The van der Waals surface area contributed by atoms with Gasteiger partial charge in [0.05, 0.1) is 17.9 Å². The van der Waals surface area contributed by atoms with Gasteiger partial charge in [0.1, 0.15) is 16.8 Å². The number of nitrogens with zero attached hydrogens (tertiary/aromatic N) is 2. The molecule has 6 heteroatoms. The van der Waals surface area contributed by atoms with E-state index in [1.807, 2.05) is 97.9 Å². The highest BCUT2D eigenvalue weighted by Crippen LogP contribution is 2.34. The Labute approximate surface area is 209 Å². The van der Waals surface area contributed by atoms with Crippen molar-refractivity contribution in [2.75, 3.05) is 17.7 Å². The van der Waals surface area contributed by atoms with Crippen molar-refractivity contribution in [3.8, 4) is 34.2 Å². The highest BCUT2D eigenvalue weighted by atomic mass is 32.2. The van der Waals surface area contributed by atoms with Crippen molar-refractivity contribution in [1.82, 2.24) is 4.98 Å². The number of hydrogen-bond donors (Lipinski definition) is 1. The van der Waals surface area contributed by atoms with Gasteiger partial charge in [-0.15, -0.1) is 11.8 Å². The van der Waals surface area contributed by atoms with Gasteiger partial charge >= 0.3 is 0 Å². The number of carbonyl (C=O) groups is 1. The SMILES string of the molecule is CCOc1ccc(NC(=O)CCSc2nc(-c3ccccc3)cc(-c3ccccc3)c2C#N)cc1. The monoisotopic (exact) mass is 479 g/mol. The Morgan fingerprint density at radius 1 is 0.971 bits per heavy atom. The fourth-order valence-electron chi connectivity index (χ4n) is 3.60. The van der Waals surface area contributed by atoms with Crippen LogP contribution in [-0.2, 0) is 4.79 Å². The molecule has 0 spiro atoms. The molecule has 3 aromatic carbocycles. The Morgan fingerprint density at radius 3 is 2.26 bits per heavy atom. The van der Waals surface area contributed by atoms with Crippen molar-refractivity contribution in [1.29, 1.82) is 5.26 Å². The lowest BCUT2D eigenvalue weighted by atomic mass is 9.99. The molecule has 1 aromatic heterocycles. The van der Waals surface area contributed by atoms with Gasteiger partial charge in [-0.1, -0.05) is 60.7 Å². The first kappa shape index (κ1) is 24.1. The maximum absolute atomic E-state index is 12.5. The largest absolute Gasteiger partial charge is 0.494 e. The molecule has 4 aromatic rings. The number of ether oxygens (including phenoxy) is 1. The van der Waals surface area contributed by atoms with Crippen molar-refractivity contribution < 1.29 is 9.53 Å². The van der Waals surface area contributed by atoms with Gasteiger partial charge in [0.2, 0.25) is 5.91 Å². The summed E-state index contributed by atoms with van der Waals surface area (Å²) in [5.74, 6) is 1.17. The number of benzene rings is 3. The van der Waals surface area contributed by atoms with Crippen molar-refractivity contribution in [3.63, 3.8) is 0 Å². The maximum atomic E-state index is 12.5. The molecule has 0 aliphatic rings. The third-order valence-corrected chi connectivity index (χ3v) is 6.25. The van der Waals surface area contributed by atoms with E-state index in [0.717, 1.165) is 33.8 Å². The molecule has 0 aliphatic carbocycles. The Balaban J connectivity index is 1.52. The molecule has 174 valence electrons. The van der Waals surface area contributed by atoms with Gasteiger partial charge in [0, 0.05) is 29.0 Å². The lowest BCUT2D eigenvalue weighted by molar-refractivity contribution is -0.115. The number of rotatable bonds is 9. The summed E-state index contributed by atoms with van der Waals surface area (Å²) in [7, 11) is 0. The molecule has 0 saturated carbocycles. The van der Waals surface area contributed by atoms with E-state index in [9.17, 15) is 10.1 Å². The molecule has 1 heterocycles. The molecule has 0 atom stereocenters. The molecule has 0 saturated heterocycles. The molecule has 1 N–H and O–H groups in total. The summed E-state index contributed by atoms with van der Waals surface area (Å²) in [5, 5.41) is 13.5. The van der Waals surface area contributed by atoms with E-state index >= 15 is 0 Å². The highest BCUT2D eigenvalue weighted by Gasteiger charge is 2.16. The zero-order chi connectivity index (χ0) is 24.5. The van der Waals surface area contributed by atoms with Gasteiger partial charge in [0.15, 0.2) is 0 Å². The van der Waals surface area contributed by atoms with Gasteiger partial charge in [-0.05, 0) is 42.8 Å². The fraction of sp³-hybridized carbons (Fsp3) is 0.138. The van der Waals surface area contributed by atoms with Crippen LogP contribution in [-0.4, -0.2) is 23.3 Å². The van der Waals surface area contributed by atoms with Crippen LogP contribution in [0, 0.1) is 11.3 Å². The number of hydrogen-bond acceptors (Lipinski definition) is 5. The number of amides is 1. The van der Waals surface area contributed by atoms with Crippen LogP contribution in [0.15, 0.2) is 96.0 Å². The fourth-order valence-corrected chi connectivity index (χ4v) is 4.55. The normalized spacial score (nSPS) is 10.4. The minimum absolute atomic E-state index is 0.0948. The smallest absolute Gasteiger partial charge is 0.225 e. The highest BCUT2D eigenvalue weighted by molar-refractivity contribution is 7.99. The van der Waals surface area contributed by atoms with Crippen LogP contribution in [0.3, 0.4) is 0 Å². The lowest BCUT2D eigenvalue weighted by Gasteiger charge is -2.13. The number of thioether (sulfide) groups is 1. The molecular weight excluding hydrogens is 454 g/mol. The lowest BCUT2D eigenvalue weighted by Crippen LogP contribution is -2.12. The second-order valence-corrected chi connectivity index (χ2v) is 8.77. The van der Waals surface area contributed by atoms with Crippen molar-refractivity contribution in [3.05, 3.63) is 96.6 Å². The van der Waals surface area contributed by atoms with E-state index < -0.39 is 0 Å². The Morgan fingerprint density at radius 2 is 1.63 bits per heavy atom. The van der Waals surface area contributed by atoms with Crippen LogP contribution in [0.1, 0.15) is 18.9 Å². The van der Waals surface area contributed by atoms with E-state index in [4.69, 9.17) is 9.72 Å². The topological polar surface area (TPSA) is 75.0 Å². The van der Waals surface area contributed by atoms with E-state index in [2.05, 4.69) is 11.4 Å². The predicted molar refractivity (Wildman–Crippen MR) is 141 cm³/mol. The van der Waals surface area contributed by atoms with Gasteiger partial charge in [-0.25, -0.2) is 4.98 Å². The van der Waals surface area contributed by atoms with Crippen LogP contribution in [0.5, 0.6) is 5.75 Å². The quantitative estimate of drug-likeness (QED) is 0.267. The molecule has 5 nitrogen and oxygen atoms in total. The zero-order valence-corrected chi connectivity index (χ0v) is 20.2. The van der Waals surface area contributed by atoms with Crippen LogP contribution in [0.2, 0.25) is 0 Å². The number of nitriles is 1. The average molecular weight is 480 g/mol. The number of carbonyl (C=O) groups excluding carboxylic acids is 1. The zero-order valence-electron chi connectivity index (χ0n) is 19.4. The molecule has 0 radical (unpaired) electrons. The van der Waals surface area contributed by atoms with Crippen molar-refractivity contribution in [2.45, 2.75) is 18.4 Å². The summed E-state index contributed by atoms with van der Waals surface area (Å²) < 4.78 is 5.44. The van der Waals surface area contributed by atoms with E-state index in [-0.39, 0.29) is 5.91 Å².